The van der Waals surface area contributed by atoms with Gasteiger partial charge in [-0.2, -0.15) is 0 Å². The molecule has 0 fully saturated rings. The Morgan fingerprint density at radius 1 is 0.765 bits per heavy atom. The molecule has 2 nitrogen and oxygen atoms in total. The Labute approximate surface area is 232 Å². The summed E-state index contributed by atoms with van der Waals surface area (Å²) in [7, 11) is 0. The van der Waals surface area contributed by atoms with Gasteiger partial charge in [-0.3, -0.25) is 4.79 Å². The van der Waals surface area contributed by atoms with Crippen LogP contribution in [0.5, 0.6) is 0 Å². The molecule has 0 spiro atoms. The van der Waals surface area contributed by atoms with E-state index in [-0.39, 0.29) is 27.1 Å². The van der Waals surface area contributed by atoms with Crippen molar-refractivity contribution >= 4 is 50.6 Å². The molecule has 1 heterocycles. The molecule has 34 heavy (non-hydrogen) atoms. The van der Waals surface area contributed by atoms with E-state index >= 15 is 0 Å². The second-order valence-electron chi connectivity index (χ2n) is 9.93. The molecule has 0 unspecified atom stereocenters. The summed E-state index contributed by atoms with van der Waals surface area (Å²) in [5, 5.41) is 4.07. The van der Waals surface area contributed by atoms with Crippen molar-refractivity contribution in [3.05, 3.63) is 10.8 Å². The standard InChI is InChI=1S/C13H22O2S2.2C8H17.Sn/c1-11(2)6-4-3-5-7-15-12(14)10-13-16-8-9-17-13;2*1-3-5-7-8-6-4-2;/h8-9,11,13H,3-7,10H2,1-2H3;2*1,3-8H2,2H3;. The first-order valence-corrected chi connectivity index (χ1v) is 20.3. The van der Waals surface area contributed by atoms with E-state index in [1.54, 1.807) is 45.2 Å². The second kappa shape index (κ2) is 28.3. The summed E-state index contributed by atoms with van der Waals surface area (Å²) in [6, 6.07) is 0. The van der Waals surface area contributed by atoms with E-state index in [0.29, 0.717) is 17.6 Å². The van der Waals surface area contributed by atoms with Crippen LogP contribution >= 0.6 is 23.5 Å². The van der Waals surface area contributed by atoms with E-state index in [9.17, 15) is 4.79 Å². The normalized spacial score (nSPS) is 13.3. The van der Waals surface area contributed by atoms with E-state index in [1.807, 2.05) is 10.8 Å². The third-order valence-corrected chi connectivity index (χ3v) is 12.4. The molecular weight excluding hydrogens is 563 g/mol. The number of ether oxygens (including phenoxy) is 1. The molecule has 0 saturated carbocycles. The molecule has 0 aliphatic carbocycles. The molecule has 0 aromatic rings. The molecule has 0 atom stereocenters. The minimum atomic E-state index is -0.0532. The average molecular weight is 620 g/mol. The van der Waals surface area contributed by atoms with Crippen LogP contribution in [-0.2, 0) is 9.53 Å². The molecule has 200 valence electrons. The fourth-order valence-electron chi connectivity index (χ4n) is 3.77. The monoisotopic (exact) mass is 620 g/mol. The van der Waals surface area contributed by atoms with Crippen molar-refractivity contribution in [1.82, 2.24) is 0 Å². The number of carbonyl (C=O) groups excluding carboxylic acids is 1. The molecule has 0 saturated heterocycles. The van der Waals surface area contributed by atoms with Crippen molar-refractivity contribution in [2.24, 2.45) is 5.92 Å². The number of hydrogen-bond acceptors (Lipinski definition) is 4. The van der Waals surface area contributed by atoms with Crippen LogP contribution in [0.3, 0.4) is 0 Å². The van der Waals surface area contributed by atoms with Crippen LogP contribution in [0.25, 0.3) is 0 Å². The van der Waals surface area contributed by atoms with E-state index in [4.69, 9.17) is 4.74 Å². The minimum absolute atomic E-state index is 0.0532. The van der Waals surface area contributed by atoms with Gasteiger partial charge in [0.2, 0.25) is 0 Å². The first-order chi connectivity index (χ1) is 16.6. The van der Waals surface area contributed by atoms with E-state index in [2.05, 4.69) is 27.7 Å². The summed E-state index contributed by atoms with van der Waals surface area (Å²) < 4.78 is 8.87. The van der Waals surface area contributed by atoms with Gasteiger partial charge in [0, 0.05) is 0 Å². The van der Waals surface area contributed by atoms with Gasteiger partial charge in [-0.25, -0.2) is 0 Å². The Kier molecular flexibility index (Phi) is 28.9. The Hall–Kier alpha value is 0.709. The van der Waals surface area contributed by atoms with Crippen LogP contribution in [-0.4, -0.2) is 38.3 Å². The molecule has 0 amide bonds. The topological polar surface area (TPSA) is 26.3 Å². The molecule has 5 heteroatoms. The predicted octanol–water partition coefficient (Wildman–Crippen LogP) is 10.7. The Balaban J connectivity index is 0.000000641. The number of unbranched alkanes of at least 4 members (excludes halogenated alkanes) is 12. The van der Waals surface area contributed by atoms with Gasteiger partial charge < -0.3 is 4.74 Å². The second-order valence-corrected chi connectivity index (χ2v) is 16.7. The summed E-state index contributed by atoms with van der Waals surface area (Å²) in [6.07, 6.45) is 23.0. The van der Waals surface area contributed by atoms with Gasteiger partial charge in [-0.15, -0.1) is 23.5 Å². The van der Waals surface area contributed by atoms with Crippen LogP contribution in [0.2, 0.25) is 8.87 Å². The molecule has 1 aliphatic rings. The molecule has 1 aliphatic heterocycles. The molecule has 0 bridgehead atoms. The molecule has 0 aromatic heterocycles. The number of thioether (sulfide) groups is 2. The predicted molar refractivity (Wildman–Crippen MR) is 159 cm³/mol. The summed E-state index contributed by atoms with van der Waals surface area (Å²) >= 11 is 3.48. The van der Waals surface area contributed by atoms with Gasteiger partial charge in [-0.1, -0.05) is 33.1 Å². The van der Waals surface area contributed by atoms with Gasteiger partial charge in [0.1, 0.15) is 0 Å². The first-order valence-electron chi connectivity index (χ1n) is 14.4. The van der Waals surface area contributed by atoms with Crippen molar-refractivity contribution in [1.29, 1.82) is 0 Å². The van der Waals surface area contributed by atoms with Crippen LogP contribution in [0.15, 0.2) is 10.8 Å². The van der Waals surface area contributed by atoms with Crippen LogP contribution in [0.4, 0.5) is 0 Å². The number of rotatable bonds is 22. The fourth-order valence-corrected chi connectivity index (χ4v) is 9.30. The Bertz CT molecular complexity index is 435. The van der Waals surface area contributed by atoms with Crippen molar-refractivity contribution in [2.45, 2.75) is 150 Å². The van der Waals surface area contributed by atoms with Crippen molar-refractivity contribution in [3.8, 4) is 0 Å². The third-order valence-electron chi connectivity index (χ3n) is 5.95. The number of esters is 1. The van der Waals surface area contributed by atoms with Gasteiger partial charge in [0.25, 0.3) is 0 Å². The van der Waals surface area contributed by atoms with Gasteiger partial charge >= 0.3 is 127 Å². The Morgan fingerprint density at radius 2 is 1.26 bits per heavy atom. The summed E-state index contributed by atoms with van der Waals surface area (Å²) in [6.45, 7) is 9.67. The zero-order valence-corrected chi connectivity index (χ0v) is 27.6. The van der Waals surface area contributed by atoms with Crippen LogP contribution in [0, 0.1) is 5.92 Å². The zero-order valence-electron chi connectivity index (χ0n) is 23.1. The molecular formula is C29H56O2S2Sn. The average Bonchev–Trinajstić information content (AvgIpc) is 3.32. The fraction of sp³-hybridized carbons (Fsp3) is 0.897. The van der Waals surface area contributed by atoms with Gasteiger partial charge in [-0.05, 0) is 23.2 Å². The van der Waals surface area contributed by atoms with Crippen molar-refractivity contribution in [3.63, 3.8) is 0 Å². The van der Waals surface area contributed by atoms with E-state index < -0.39 is 0 Å². The van der Waals surface area contributed by atoms with Crippen molar-refractivity contribution in [2.75, 3.05) is 6.61 Å². The van der Waals surface area contributed by atoms with Crippen LogP contribution < -0.4 is 0 Å². The first kappa shape index (κ1) is 34.7. The van der Waals surface area contributed by atoms with E-state index in [1.165, 1.54) is 83.5 Å². The molecule has 0 aromatic carbocycles. The number of hydrogen-bond donors (Lipinski definition) is 0. The summed E-state index contributed by atoms with van der Waals surface area (Å²) in [5.41, 5.74) is 0. The van der Waals surface area contributed by atoms with Gasteiger partial charge in [0.05, 0.1) is 17.6 Å². The van der Waals surface area contributed by atoms with Crippen molar-refractivity contribution < 1.29 is 9.53 Å². The molecule has 1 rings (SSSR count). The van der Waals surface area contributed by atoms with Crippen LogP contribution in [0.1, 0.15) is 137 Å². The summed E-state index contributed by atoms with van der Waals surface area (Å²) in [4.78, 5) is 11.5. The maximum absolute atomic E-state index is 11.5. The number of carbonyl (C=O) groups is 1. The molecule has 0 N–H and O–H groups in total. The summed E-state index contributed by atoms with van der Waals surface area (Å²) in [5.74, 6) is 0.726. The maximum atomic E-state index is 11.5. The molecule has 2 radical (unpaired) electrons. The third kappa shape index (κ3) is 27.3. The quantitative estimate of drug-likeness (QED) is 0.0684. The Morgan fingerprint density at radius 3 is 1.79 bits per heavy atom. The zero-order chi connectivity index (χ0) is 25.1. The van der Waals surface area contributed by atoms with E-state index in [0.717, 1.165) is 12.3 Å². The SMILES string of the molecule is CC(C)CCCCCOC(=O)CC1SC=CS1.CCCCCCC[CH2][Sn][CH2]CCCCCCC. The van der Waals surface area contributed by atoms with Gasteiger partial charge in [0.15, 0.2) is 0 Å².